The molecule has 2 amide bonds. The van der Waals surface area contributed by atoms with Crippen molar-refractivity contribution in [3.05, 3.63) is 36.7 Å². The molecular weight excluding hydrogens is 316 g/mol. The Kier molecular flexibility index (Phi) is 6.20. The van der Waals surface area contributed by atoms with Gasteiger partial charge in [0, 0.05) is 50.4 Å². The van der Waals surface area contributed by atoms with E-state index in [1.807, 2.05) is 42.1 Å². The number of rotatable bonds is 6. The van der Waals surface area contributed by atoms with Crippen molar-refractivity contribution in [3.63, 3.8) is 0 Å². The number of aromatic nitrogens is 2. The average molecular weight is 344 g/mol. The van der Waals surface area contributed by atoms with E-state index in [1.165, 1.54) is 0 Å². The smallest absolute Gasteiger partial charge is 0.321 e. The number of aliphatic hydroxyl groups excluding tert-OH is 1. The number of imidazole rings is 1. The highest BCUT2D eigenvalue weighted by Gasteiger charge is 2.21. The first-order valence-corrected chi connectivity index (χ1v) is 8.55. The number of anilines is 1. The van der Waals surface area contributed by atoms with Gasteiger partial charge in [0.2, 0.25) is 0 Å². The Morgan fingerprint density at radius 2 is 2.12 bits per heavy atom. The van der Waals surface area contributed by atoms with Crippen molar-refractivity contribution in [1.29, 1.82) is 0 Å². The number of amides is 2. The van der Waals surface area contributed by atoms with Crippen LogP contribution in [-0.2, 0) is 7.05 Å². The molecule has 0 bridgehead atoms. The van der Waals surface area contributed by atoms with Crippen molar-refractivity contribution < 1.29 is 9.90 Å². The van der Waals surface area contributed by atoms with Gasteiger partial charge in [-0.15, -0.1) is 0 Å². The number of urea groups is 1. The van der Waals surface area contributed by atoms with Crippen molar-refractivity contribution in [2.24, 2.45) is 12.5 Å². The summed E-state index contributed by atoms with van der Waals surface area (Å²) in [5.41, 5.74) is 1.66. The molecule has 0 atom stereocenters. The van der Waals surface area contributed by atoms with E-state index in [0.717, 1.165) is 17.1 Å². The molecule has 2 rings (SSSR count). The van der Waals surface area contributed by atoms with E-state index in [-0.39, 0.29) is 18.1 Å². The maximum absolute atomic E-state index is 12.7. The maximum Gasteiger partial charge on any atom is 0.321 e. The van der Waals surface area contributed by atoms with E-state index in [2.05, 4.69) is 31.1 Å². The summed E-state index contributed by atoms with van der Waals surface area (Å²) in [5, 5.41) is 12.0. The van der Waals surface area contributed by atoms with Crippen LogP contribution in [-0.4, -0.2) is 45.3 Å². The molecule has 6 nitrogen and oxygen atoms in total. The molecule has 0 aliphatic rings. The summed E-state index contributed by atoms with van der Waals surface area (Å²) in [4.78, 5) is 18.8. The molecule has 0 saturated carbocycles. The summed E-state index contributed by atoms with van der Waals surface area (Å²) in [7, 11) is 1.94. The van der Waals surface area contributed by atoms with Gasteiger partial charge in [-0.1, -0.05) is 32.9 Å². The Balaban J connectivity index is 2.13. The van der Waals surface area contributed by atoms with Gasteiger partial charge < -0.3 is 19.9 Å². The summed E-state index contributed by atoms with van der Waals surface area (Å²) in [6.07, 6.45) is 4.21. The number of hydrogen-bond donors (Lipinski definition) is 2. The van der Waals surface area contributed by atoms with E-state index < -0.39 is 0 Å². The fourth-order valence-corrected chi connectivity index (χ4v) is 2.67. The SMILES string of the molecule is Cn1ccnc1-c1cccc(NC(=O)N(CCCO)CC(C)(C)C)c1. The highest BCUT2D eigenvalue weighted by molar-refractivity contribution is 5.90. The molecule has 25 heavy (non-hydrogen) atoms. The Hall–Kier alpha value is -2.34. The molecule has 6 heteroatoms. The minimum absolute atomic E-state index is 0.0123. The van der Waals surface area contributed by atoms with Crippen molar-refractivity contribution in [1.82, 2.24) is 14.5 Å². The molecule has 1 aromatic heterocycles. The number of aliphatic hydroxyl groups is 1. The fraction of sp³-hybridized carbons (Fsp3) is 0.474. The van der Waals surface area contributed by atoms with Gasteiger partial charge in [-0.25, -0.2) is 9.78 Å². The monoisotopic (exact) mass is 344 g/mol. The van der Waals surface area contributed by atoms with Gasteiger partial charge in [0.15, 0.2) is 0 Å². The molecule has 0 spiro atoms. The molecule has 0 aliphatic carbocycles. The van der Waals surface area contributed by atoms with Crippen molar-refractivity contribution in [3.8, 4) is 11.4 Å². The molecule has 136 valence electrons. The molecule has 2 N–H and O–H groups in total. The van der Waals surface area contributed by atoms with Crippen LogP contribution in [0.5, 0.6) is 0 Å². The lowest BCUT2D eigenvalue weighted by molar-refractivity contribution is 0.176. The summed E-state index contributed by atoms with van der Waals surface area (Å²) in [5.74, 6) is 0.850. The minimum Gasteiger partial charge on any atom is -0.396 e. The number of nitrogens with one attached hydrogen (secondary N) is 1. The lowest BCUT2D eigenvalue weighted by Gasteiger charge is -2.30. The molecule has 0 unspecified atom stereocenters. The van der Waals surface area contributed by atoms with Crippen molar-refractivity contribution in [2.75, 3.05) is 25.0 Å². The number of aryl methyl sites for hydroxylation is 1. The van der Waals surface area contributed by atoms with Crippen LogP contribution in [0.15, 0.2) is 36.7 Å². The number of hydrogen-bond acceptors (Lipinski definition) is 3. The van der Waals surface area contributed by atoms with E-state index >= 15 is 0 Å². The largest absolute Gasteiger partial charge is 0.396 e. The summed E-state index contributed by atoms with van der Waals surface area (Å²) in [6.45, 7) is 7.49. The van der Waals surface area contributed by atoms with E-state index in [1.54, 1.807) is 11.1 Å². The number of nitrogens with zero attached hydrogens (tertiary/aromatic N) is 3. The zero-order valence-electron chi connectivity index (χ0n) is 15.5. The zero-order valence-corrected chi connectivity index (χ0v) is 15.5. The third kappa shape index (κ3) is 5.60. The lowest BCUT2D eigenvalue weighted by Crippen LogP contribution is -2.41. The topological polar surface area (TPSA) is 70.4 Å². The van der Waals surface area contributed by atoms with Gasteiger partial charge in [-0.3, -0.25) is 0 Å². The second-order valence-electron chi connectivity index (χ2n) is 7.43. The minimum atomic E-state index is -0.152. The Morgan fingerprint density at radius 3 is 2.72 bits per heavy atom. The highest BCUT2D eigenvalue weighted by atomic mass is 16.3. The van der Waals surface area contributed by atoms with Crippen LogP contribution in [0.4, 0.5) is 10.5 Å². The van der Waals surface area contributed by atoms with Gasteiger partial charge in [0.05, 0.1) is 0 Å². The van der Waals surface area contributed by atoms with Gasteiger partial charge in [0.1, 0.15) is 5.82 Å². The van der Waals surface area contributed by atoms with E-state index in [0.29, 0.717) is 19.5 Å². The molecule has 0 saturated heterocycles. The second-order valence-corrected chi connectivity index (χ2v) is 7.43. The third-order valence-corrected chi connectivity index (χ3v) is 3.73. The number of benzene rings is 1. The second kappa shape index (κ2) is 8.16. The molecule has 0 radical (unpaired) electrons. The third-order valence-electron chi connectivity index (χ3n) is 3.73. The normalized spacial score (nSPS) is 11.4. The van der Waals surface area contributed by atoms with Crippen LogP contribution < -0.4 is 5.32 Å². The van der Waals surface area contributed by atoms with Crippen LogP contribution in [0.2, 0.25) is 0 Å². The van der Waals surface area contributed by atoms with Crippen LogP contribution in [0.25, 0.3) is 11.4 Å². The summed E-state index contributed by atoms with van der Waals surface area (Å²) >= 11 is 0. The molecule has 2 aromatic rings. The molecular formula is C19H28N4O2. The van der Waals surface area contributed by atoms with Crippen molar-refractivity contribution in [2.45, 2.75) is 27.2 Å². The zero-order chi connectivity index (χ0) is 18.4. The number of carbonyl (C=O) groups excluding carboxylic acids is 1. The quantitative estimate of drug-likeness (QED) is 0.844. The standard InChI is InChI=1S/C19H28N4O2/c1-19(2,3)14-23(10-6-12-24)18(25)21-16-8-5-7-15(13-16)17-20-9-11-22(17)4/h5,7-9,11,13,24H,6,10,12,14H2,1-4H3,(H,21,25). The Bertz CT molecular complexity index is 703. The van der Waals surface area contributed by atoms with Gasteiger partial charge in [-0.2, -0.15) is 0 Å². The maximum atomic E-state index is 12.7. The number of carbonyl (C=O) groups is 1. The van der Waals surface area contributed by atoms with Crippen LogP contribution >= 0.6 is 0 Å². The first-order chi connectivity index (χ1) is 11.8. The predicted octanol–water partition coefficient (Wildman–Crippen LogP) is 3.35. The highest BCUT2D eigenvalue weighted by Crippen LogP contribution is 2.22. The van der Waals surface area contributed by atoms with Crippen LogP contribution in [0.1, 0.15) is 27.2 Å². The molecule has 1 aromatic carbocycles. The van der Waals surface area contributed by atoms with Crippen molar-refractivity contribution >= 4 is 11.7 Å². The van der Waals surface area contributed by atoms with Gasteiger partial charge in [-0.05, 0) is 24.0 Å². The Labute approximate surface area is 149 Å². The van der Waals surface area contributed by atoms with Gasteiger partial charge >= 0.3 is 6.03 Å². The summed E-state index contributed by atoms with van der Waals surface area (Å²) in [6, 6.07) is 7.51. The molecule has 1 heterocycles. The van der Waals surface area contributed by atoms with E-state index in [9.17, 15) is 4.79 Å². The fourth-order valence-electron chi connectivity index (χ4n) is 2.67. The van der Waals surface area contributed by atoms with Gasteiger partial charge in [0.25, 0.3) is 0 Å². The summed E-state index contributed by atoms with van der Waals surface area (Å²) < 4.78 is 1.94. The average Bonchev–Trinajstić information content (AvgIpc) is 2.96. The molecule has 0 fully saturated rings. The Morgan fingerprint density at radius 1 is 1.36 bits per heavy atom. The lowest BCUT2D eigenvalue weighted by atomic mass is 9.96. The van der Waals surface area contributed by atoms with E-state index in [4.69, 9.17) is 5.11 Å². The predicted molar refractivity (Wildman–Crippen MR) is 100 cm³/mol. The van der Waals surface area contributed by atoms with Crippen LogP contribution in [0, 0.1) is 5.41 Å². The first-order valence-electron chi connectivity index (χ1n) is 8.55. The molecule has 0 aliphatic heterocycles. The van der Waals surface area contributed by atoms with Crippen LogP contribution in [0.3, 0.4) is 0 Å². The first kappa shape index (κ1) is 19.0.